The van der Waals surface area contributed by atoms with Crippen LogP contribution in [-0.2, 0) is 9.68 Å². The van der Waals surface area contributed by atoms with E-state index in [2.05, 4.69) is 32.1 Å². The third-order valence-corrected chi connectivity index (χ3v) is 4.85. The molecule has 24 heavy (non-hydrogen) atoms. The van der Waals surface area contributed by atoms with Crippen LogP contribution in [0.5, 0.6) is 0 Å². The molecular formula is C20H32N2O2. The number of hydrogen-bond acceptors (Lipinski definition) is 4. The number of nitrogens with zero attached hydrogens (tertiary/aromatic N) is 2. The van der Waals surface area contributed by atoms with Gasteiger partial charge in [0.25, 0.3) is 0 Å². The normalized spacial score (nSPS) is 20.8. The lowest BCUT2D eigenvalue weighted by molar-refractivity contribution is -0.143. The van der Waals surface area contributed by atoms with Crippen LogP contribution in [0.2, 0.25) is 0 Å². The Morgan fingerprint density at radius 2 is 1.92 bits per heavy atom. The van der Waals surface area contributed by atoms with E-state index in [1.165, 1.54) is 25.7 Å². The van der Waals surface area contributed by atoms with Crippen molar-refractivity contribution in [2.75, 3.05) is 20.8 Å². The van der Waals surface area contributed by atoms with Crippen LogP contribution in [0, 0.1) is 5.92 Å². The molecule has 2 rings (SSSR count). The molecule has 0 spiro atoms. The predicted octanol–water partition coefficient (Wildman–Crippen LogP) is 4.70. The Kier molecular flexibility index (Phi) is 7.60. The summed E-state index contributed by atoms with van der Waals surface area (Å²) in [5.41, 5.74) is 1.15. The molecular weight excluding hydrogens is 300 g/mol. The molecule has 1 aromatic carbocycles. The SMILES string of the molecule is CCCCC(CC)CC1CN(OC)C(=Cc2ccccc2)N1OC. The van der Waals surface area contributed by atoms with E-state index in [-0.39, 0.29) is 0 Å². The van der Waals surface area contributed by atoms with Gasteiger partial charge in [-0.3, -0.25) is 9.68 Å². The van der Waals surface area contributed by atoms with Crippen LogP contribution in [0.3, 0.4) is 0 Å². The van der Waals surface area contributed by atoms with Crippen LogP contribution in [0.1, 0.15) is 51.5 Å². The lowest BCUT2D eigenvalue weighted by Crippen LogP contribution is -2.31. The lowest BCUT2D eigenvalue weighted by Gasteiger charge is -2.26. The molecule has 1 aliphatic rings. The number of hydrogen-bond donors (Lipinski definition) is 0. The van der Waals surface area contributed by atoms with Crippen LogP contribution >= 0.6 is 0 Å². The maximum absolute atomic E-state index is 5.73. The minimum Gasteiger partial charge on any atom is -0.275 e. The molecule has 0 amide bonds. The van der Waals surface area contributed by atoms with Crippen LogP contribution in [0.25, 0.3) is 6.08 Å². The van der Waals surface area contributed by atoms with Gasteiger partial charge in [-0.25, -0.2) is 10.1 Å². The largest absolute Gasteiger partial charge is 0.275 e. The van der Waals surface area contributed by atoms with Gasteiger partial charge in [0.15, 0.2) is 5.82 Å². The smallest absolute Gasteiger partial charge is 0.153 e. The molecule has 2 unspecified atom stereocenters. The Bertz CT molecular complexity index is 504. The fourth-order valence-electron chi connectivity index (χ4n) is 3.44. The second kappa shape index (κ2) is 9.70. The second-order valence-electron chi connectivity index (χ2n) is 6.47. The van der Waals surface area contributed by atoms with Crippen LogP contribution in [-0.4, -0.2) is 36.9 Å². The van der Waals surface area contributed by atoms with Gasteiger partial charge in [-0.15, -0.1) is 0 Å². The minimum atomic E-state index is 0.326. The van der Waals surface area contributed by atoms with E-state index in [0.717, 1.165) is 30.3 Å². The van der Waals surface area contributed by atoms with Crippen molar-refractivity contribution in [2.45, 2.75) is 52.0 Å². The molecule has 0 bridgehead atoms. The van der Waals surface area contributed by atoms with Gasteiger partial charge in [-0.2, -0.15) is 0 Å². The first-order valence-electron chi connectivity index (χ1n) is 9.15. The molecule has 0 aliphatic carbocycles. The van der Waals surface area contributed by atoms with Gasteiger partial charge >= 0.3 is 0 Å². The summed E-state index contributed by atoms with van der Waals surface area (Å²) in [5.74, 6) is 1.71. The van der Waals surface area contributed by atoms with Crippen molar-refractivity contribution in [1.29, 1.82) is 0 Å². The van der Waals surface area contributed by atoms with Gasteiger partial charge in [0.2, 0.25) is 0 Å². The summed E-state index contributed by atoms with van der Waals surface area (Å²) in [7, 11) is 3.47. The summed E-state index contributed by atoms with van der Waals surface area (Å²) in [6, 6.07) is 10.6. The molecule has 1 heterocycles. The molecule has 4 heteroatoms. The van der Waals surface area contributed by atoms with Crippen molar-refractivity contribution in [3.63, 3.8) is 0 Å². The van der Waals surface area contributed by atoms with Crippen molar-refractivity contribution in [3.05, 3.63) is 41.7 Å². The van der Waals surface area contributed by atoms with Gasteiger partial charge in [0.1, 0.15) is 0 Å². The Labute approximate surface area is 146 Å². The quantitative estimate of drug-likeness (QED) is 0.654. The van der Waals surface area contributed by atoms with Crippen molar-refractivity contribution < 1.29 is 9.68 Å². The fourth-order valence-corrected chi connectivity index (χ4v) is 3.44. The first-order chi connectivity index (χ1) is 11.7. The monoisotopic (exact) mass is 332 g/mol. The van der Waals surface area contributed by atoms with E-state index >= 15 is 0 Å². The number of hydroxylamine groups is 4. The Hall–Kier alpha value is -1.52. The number of rotatable bonds is 9. The minimum absolute atomic E-state index is 0.326. The average molecular weight is 332 g/mol. The highest BCUT2D eigenvalue weighted by Gasteiger charge is 2.36. The molecule has 0 aromatic heterocycles. The summed E-state index contributed by atoms with van der Waals surface area (Å²) in [4.78, 5) is 11.3. The standard InChI is InChI=1S/C20H32N2O2/c1-5-7-11-17(6-2)14-19-16-21(23-3)20(22(19)24-4)15-18-12-9-8-10-13-18/h8-10,12-13,15,17,19H,5-7,11,14,16H2,1-4H3. The van der Waals surface area contributed by atoms with E-state index in [0.29, 0.717) is 6.04 Å². The van der Waals surface area contributed by atoms with Crippen LogP contribution < -0.4 is 0 Å². The van der Waals surface area contributed by atoms with Gasteiger partial charge in [-0.1, -0.05) is 69.9 Å². The fraction of sp³-hybridized carbons (Fsp3) is 0.600. The van der Waals surface area contributed by atoms with Crippen molar-refractivity contribution >= 4 is 6.08 Å². The highest BCUT2D eigenvalue weighted by atomic mass is 16.7. The average Bonchev–Trinajstić information content (AvgIpc) is 2.95. The molecule has 1 fully saturated rings. The first kappa shape index (κ1) is 18.8. The molecule has 0 saturated carbocycles. The summed E-state index contributed by atoms with van der Waals surface area (Å²) < 4.78 is 0. The maximum atomic E-state index is 5.73. The van der Waals surface area contributed by atoms with Crippen molar-refractivity contribution in [3.8, 4) is 0 Å². The number of unbranched alkanes of at least 4 members (excludes halogenated alkanes) is 1. The van der Waals surface area contributed by atoms with E-state index < -0.39 is 0 Å². The Morgan fingerprint density at radius 1 is 1.17 bits per heavy atom. The lowest BCUT2D eigenvalue weighted by atomic mass is 9.92. The van der Waals surface area contributed by atoms with Gasteiger partial charge in [0.05, 0.1) is 26.8 Å². The zero-order chi connectivity index (χ0) is 17.4. The summed E-state index contributed by atoms with van der Waals surface area (Å²) in [6.45, 7) is 5.39. The van der Waals surface area contributed by atoms with Crippen molar-refractivity contribution in [2.24, 2.45) is 5.92 Å². The molecule has 2 atom stereocenters. The highest BCUT2D eigenvalue weighted by molar-refractivity contribution is 5.52. The van der Waals surface area contributed by atoms with Crippen molar-refractivity contribution in [1.82, 2.24) is 10.1 Å². The summed E-state index contributed by atoms with van der Waals surface area (Å²) >= 11 is 0. The number of benzene rings is 1. The third kappa shape index (κ3) is 4.74. The second-order valence-corrected chi connectivity index (χ2v) is 6.47. The predicted molar refractivity (Wildman–Crippen MR) is 98.7 cm³/mol. The van der Waals surface area contributed by atoms with Crippen LogP contribution in [0.15, 0.2) is 36.2 Å². The first-order valence-corrected chi connectivity index (χ1v) is 9.15. The molecule has 4 nitrogen and oxygen atoms in total. The highest BCUT2D eigenvalue weighted by Crippen LogP contribution is 2.31. The molecule has 1 aliphatic heterocycles. The van der Waals surface area contributed by atoms with Gasteiger partial charge < -0.3 is 0 Å². The summed E-state index contributed by atoms with van der Waals surface area (Å²) in [6.07, 6.45) is 8.35. The Balaban J connectivity index is 2.15. The molecule has 1 aromatic rings. The topological polar surface area (TPSA) is 24.9 Å². The maximum Gasteiger partial charge on any atom is 0.153 e. The van der Waals surface area contributed by atoms with E-state index in [9.17, 15) is 0 Å². The molecule has 134 valence electrons. The van der Waals surface area contributed by atoms with Gasteiger partial charge in [0, 0.05) is 0 Å². The molecule has 0 N–H and O–H groups in total. The van der Waals surface area contributed by atoms with E-state index in [4.69, 9.17) is 9.68 Å². The van der Waals surface area contributed by atoms with E-state index in [1.54, 1.807) is 14.2 Å². The Morgan fingerprint density at radius 3 is 2.50 bits per heavy atom. The van der Waals surface area contributed by atoms with Gasteiger partial charge in [-0.05, 0) is 24.0 Å². The van der Waals surface area contributed by atoms with Crippen LogP contribution in [0.4, 0.5) is 0 Å². The zero-order valence-corrected chi connectivity index (χ0v) is 15.6. The van der Waals surface area contributed by atoms with E-state index in [1.807, 2.05) is 28.3 Å². The molecule has 0 radical (unpaired) electrons. The zero-order valence-electron chi connectivity index (χ0n) is 15.6. The summed E-state index contributed by atoms with van der Waals surface area (Å²) in [5, 5.41) is 3.96. The molecule has 1 saturated heterocycles. The third-order valence-electron chi connectivity index (χ3n) is 4.85.